The van der Waals surface area contributed by atoms with Gasteiger partial charge in [-0.25, -0.2) is 4.79 Å². The quantitative estimate of drug-likeness (QED) is 0.738. The highest BCUT2D eigenvalue weighted by molar-refractivity contribution is 6.08. The Bertz CT molecular complexity index is 840. The molecule has 1 atom stereocenters. The van der Waals surface area contributed by atoms with Crippen molar-refractivity contribution in [2.45, 2.75) is 52.5 Å². The number of nitrogens with one attached hydrogen (secondary N) is 2. The van der Waals surface area contributed by atoms with Crippen molar-refractivity contribution in [2.75, 3.05) is 13.1 Å². The molecule has 2 heterocycles. The molecule has 3 rings (SSSR count). The van der Waals surface area contributed by atoms with Gasteiger partial charge in [-0.15, -0.1) is 0 Å². The first-order valence-electron chi connectivity index (χ1n) is 10.4. The van der Waals surface area contributed by atoms with Crippen molar-refractivity contribution < 1.29 is 19.2 Å². The second kappa shape index (κ2) is 8.08. The summed E-state index contributed by atoms with van der Waals surface area (Å²) in [7, 11) is 0. The Balaban J connectivity index is 1.66. The Morgan fingerprint density at radius 2 is 1.73 bits per heavy atom. The number of hydrogen-bond donors (Lipinski definition) is 2. The molecule has 2 fully saturated rings. The number of amides is 5. The fourth-order valence-corrected chi connectivity index (χ4v) is 4.06. The first-order chi connectivity index (χ1) is 14.1. The normalized spacial score (nSPS) is 22.8. The molecule has 0 aromatic heterocycles. The third-order valence-electron chi connectivity index (χ3n) is 5.91. The number of piperidine rings is 1. The molecule has 30 heavy (non-hydrogen) atoms. The largest absolute Gasteiger partial charge is 0.344 e. The summed E-state index contributed by atoms with van der Waals surface area (Å²) in [5.74, 6) is -1.16. The molecule has 162 valence electrons. The average Bonchev–Trinajstić information content (AvgIpc) is 2.98. The zero-order chi connectivity index (χ0) is 22.1. The van der Waals surface area contributed by atoms with Crippen molar-refractivity contribution in [3.05, 3.63) is 35.9 Å². The van der Waals surface area contributed by atoms with Crippen LogP contribution in [0.5, 0.6) is 0 Å². The Kier molecular flexibility index (Phi) is 5.87. The summed E-state index contributed by atoms with van der Waals surface area (Å²) >= 11 is 0. The molecule has 1 aromatic carbocycles. The molecule has 2 saturated heterocycles. The van der Waals surface area contributed by atoms with Gasteiger partial charge in [0.1, 0.15) is 5.54 Å². The zero-order valence-electron chi connectivity index (χ0n) is 18.0. The van der Waals surface area contributed by atoms with Crippen molar-refractivity contribution in [1.29, 1.82) is 0 Å². The van der Waals surface area contributed by atoms with Gasteiger partial charge in [0.2, 0.25) is 11.8 Å². The van der Waals surface area contributed by atoms with Crippen LogP contribution in [0.25, 0.3) is 0 Å². The third kappa shape index (κ3) is 3.91. The van der Waals surface area contributed by atoms with Gasteiger partial charge in [0.25, 0.3) is 5.91 Å². The lowest BCUT2D eigenvalue weighted by atomic mass is 9.87. The van der Waals surface area contributed by atoms with Gasteiger partial charge in [-0.2, -0.15) is 5.01 Å². The van der Waals surface area contributed by atoms with Gasteiger partial charge in [-0.1, -0.05) is 58.0 Å². The van der Waals surface area contributed by atoms with Gasteiger partial charge in [0.05, 0.1) is 0 Å². The number of likely N-dealkylation sites (tertiary alicyclic amines) is 1. The summed E-state index contributed by atoms with van der Waals surface area (Å²) in [6.07, 6.45) is 1.35. The van der Waals surface area contributed by atoms with Crippen molar-refractivity contribution in [3.63, 3.8) is 0 Å². The van der Waals surface area contributed by atoms with Crippen LogP contribution in [0.3, 0.4) is 0 Å². The number of imide groups is 1. The van der Waals surface area contributed by atoms with Crippen molar-refractivity contribution in [2.24, 2.45) is 11.3 Å². The molecule has 0 radical (unpaired) electrons. The molecular formula is C22H30N4O4. The van der Waals surface area contributed by atoms with Crippen LogP contribution >= 0.6 is 0 Å². The predicted octanol–water partition coefficient (Wildman–Crippen LogP) is 2.16. The lowest BCUT2D eigenvalue weighted by Gasteiger charge is -2.35. The molecule has 0 saturated carbocycles. The number of nitrogens with zero attached hydrogens (tertiary/aromatic N) is 2. The molecule has 2 N–H and O–H groups in total. The second-order valence-corrected chi connectivity index (χ2v) is 8.99. The molecule has 8 heteroatoms. The van der Waals surface area contributed by atoms with Crippen LogP contribution in [0.2, 0.25) is 0 Å². The van der Waals surface area contributed by atoms with Crippen LogP contribution in [0, 0.1) is 11.3 Å². The smallest absolute Gasteiger partial charge is 0.342 e. The standard InChI is InChI=1S/C22H30N4O4/c1-5-22(16-9-7-6-8-10-16)19(29)26(20(30)23-22)24-17(27)15-11-13-25(14-12-15)18(28)21(2,3)4/h6-10,15H,5,11-14H2,1-4H3,(H,23,30)(H,24,27)/t22-/m0/s1. The molecule has 0 spiro atoms. The van der Waals surface area contributed by atoms with Gasteiger partial charge < -0.3 is 10.2 Å². The maximum absolute atomic E-state index is 13.1. The maximum atomic E-state index is 13.1. The van der Waals surface area contributed by atoms with Gasteiger partial charge in [0, 0.05) is 24.4 Å². The Hall–Kier alpha value is -2.90. The summed E-state index contributed by atoms with van der Waals surface area (Å²) in [6.45, 7) is 8.41. The first kappa shape index (κ1) is 21.8. The highest BCUT2D eigenvalue weighted by Gasteiger charge is 2.52. The lowest BCUT2D eigenvalue weighted by Crippen LogP contribution is -2.52. The number of hydrazine groups is 1. The van der Waals surface area contributed by atoms with Crippen LogP contribution in [0.1, 0.15) is 52.5 Å². The van der Waals surface area contributed by atoms with Crippen LogP contribution < -0.4 is 10.7 Å². The molecule has 2 aliphatic heterocycles. The van der Waals surface area contributed by atoms with E-state index in [4.69, 9.17) is 0 Å². The summed E-state index contributed by atoms with van der Waals surface area (Å²) < 4.78 is 0. The SMILES string of the molecule is CC[C@@]1(c2ccccc2)NC(=O)N(NC(=O)C2CCN(C(=O)C(C)(C)C)CC2)C1=O. The van der Waals surface area contributed by atoms with E-state index in [0.29, 0.717) is 37.9 Å². The van der Waals surface area contributed by atoms with Crippen molar-refractivity contribution in [1.82, 2.24) is 20.7 Å². The van der Waals surface area contributed by atoms with Gasteiger partial charge in [0.15, 0.2) is 0 Å². The van der Waals surface area contributed by atoms with Crippen LogP contribution in [0.15, 0.2) is 30.3 Å². The first-order valence-corrected chi connectivity index (χ1v) is 10.4. The fraction of sp³-hybridized carbons (Fsp3) is 0.545. The molecule has 0 unspecified atom stereocenters. The minimum atomic E-state index is -1.19. The second-order valence-electron chi connectivity index (χ2n) is 8.99. The number of hydrogen-bond acceptors (Lipinski definition) is 4. The van der Waals surface area contributed by atoms with E-state index >= 15 is 0 Å². The summed E-state index contributed by atoms with van der Waals surface area (Å²) in [6, 6.07) is 8.38. The summed E-state index contributed by atoms with van der Waals surface area (Å²) in [4.78, 5) is 52.6. The van der Waals surface area contributed by atoms with Crippen molar-refractivity contribution in [3.8, 4) is 0 Å². The van der Waals surface area contributed by atoms with Crippen molar-refractivity contribution >= 4 is 23.8 Å². The predicted molar refractivity (Wildman–Crippen MR) is 111 cm³/mol. The van der Waals surface area contributed by atoms with Crippen LogP contribution in [-0.4, -0.2) is 46.8 Å². The summed E-state index contributed by atoms with van der Waals surface area (Å²) in [5.41, 5.74) is 1.54. The molecule has 5 amide bonds. The van der Waals surface area contributed by atoms with E-state index in [-0.39, 0.29) is 17.7 Å². The summed E-state index contributed by atoms with van der Waals surface area (Å²) in [5, 5.41) is 3.55. The van der Waals surface area contributed by atoms with E-state index in [9.17, 15) is 19.2 Å². The molecule has 1 aromatic rings. The molecule has 8 nitrogen and oxygen atoms in total. The number of urea groups is 1. The van der Waals surface area contributed by atoms with E-state index in [2.05, 4.69) is 10.7 Å². The van der Waals surface area contributed by atoms with Gasteiger partial charge in [-0.05, 0) is 24.8 Å². The third-order valence-corrected chi connectivity index (χ3v) is 5.91. The minimum absolute atomic E-state index is 0.0612. The number of carbonyl (C=O) groups excluding carboxylic acids is 4. The van der Waals surface area contributed by atoms with E-state index in [1.54, 1.807) is 29.2 Å². The highest BCUT2D eigenvalue weighted by Crippen LogP contribution is 2.32. The van der Waals surface area contributed by atoms with Gasteiger partial charge in [-0.3, -0.25) is 19.8 Å². The van der Waals surface area contributed by atoms with E-state index in [1.165, 1.54) is 0 Å². The zero-order valence-corrected chi connectivity index (χ0v) is 18.0. The fourth-order valence-electron chi connectivity index (χ4n) is 4.06. The molecular weight excluding hydrogens is 384 g/mol. The van der Waals surface area contributed by atoms with Crippen LogP contribution in [-0.2, 0) is 19.9 Å². The Morgan fingerprint density at radius 1 is 1.13 bits per heavy atom. The Labute approximate surface area is 176 Å². The highest BCUT2D eigenvalue weighted by atomic mass is 16.2. The minimum Gasteiger partial charge on any atom is -0.342 e. The van der Waals surface area contributed by atoms with E-state index in [0.717, 1.165) is 5.01 Å². The monoisotopic (exact) mass is 414 g/mol. The maximum Gasteiger partial charge on any atom is 0.344 e. The lowest BCUT2D eigenvalue weighted by molar-refractivity contribution is -0.144. The number of carbonyl (C=O) groups is 4. The Morgan fingerprint density at radius 3 is 2.27 bits per heavy atom. The number of benzene rings is 1. The van der Waals surface area contributed by atoms with Crippen LogP contribution in [0.4, 0.5) is 4.79 Å². The van der Waals surface area contributed by atoms with E-state index < -0.39 is 22.9 Å². The topological polar surface area (TPSA) is 98.8 Å². The number of rotatable bonds is 4. The van der Waals surface area contributed by atoms with Gasteiger partial charge >= 0.3 is 6.03 Å². The molecule has 0 bridgehead atoms. The molecule has 0 aliphatic carbocycles. The average molecular weight is 415 g/mol. The molecule has 2 aliphatic rings. The van der Waals surface area contributed by atoms with E-state index in [1.807, 2.05) is 33.8 Å².